The zero-order chi connectivity index (χ0) is 17.3. The van der Waals surface area contributed by atoms with Crippen molar-refractivity contribution in [3.05, 3.63) is 65.7 Å². The third-order valence-electron chi connectivity index (χ3n) is 4.47. The first-order valence-electron chi connectivity index (χ1n) is 9.23. The Kier molecular flexibility index (Phi) is 6.46. The normalized spacial score (nSPS) is 15.6. The van der Waals surface area contributed by atoms with Crippen molar-refractivity contribution in [3.63, 3.8) is 0 Å². The monoisotopic (exact) mass is 338 g/mol. The van der Waals surface area contributed by atoms with Crippen LogP contribution in [0.1, 0.15) is 24.5 Å². The van der Waals surface area contributed by atoms with Crippen molar-refractivity contribution in [1.82, 2.24) is 5.01 Å². The van der Waals surface area contributed by atoms with Crippen LogP contribution in [0, 0.1) is 0 Å². The van der Waals surface area contributed by atoms with Crippen LogP contribution in [0.25, 0.3) is 0 Å². The lowest BCUT2D eigenvalue weighted by atomic mass is 10.2. The molecular formula is C21H28N3O+. The molecule has 0 aliphatic carbocycles. The standard InChI is InChI=1S/C21H27N3O/c1-2-16-25-21-10-8-19(9-11-21)17-22-24-14-12-23(13-15-24)18-20-6-4-3-5-7-20/h3-11,17H,2,12-16,18H2,1H3/p+1/b22-17-. The van der Waals surface area contributed by atoms with Gasteiger partial charge < -0.3 is 9.64 Å². The van der Waals surface area contributed by atoms with E-state index < -0.39 is 0 Å². The van der Waals surface area contributed by atoms with Gasteiger partial charge in [-0.15, -0.1) is 0 Å². The predicted octanol–water partition coefficient (Wildman–Crippen LogP) is 2.21. The Morgan fingerprint density at radius 2 is 1.76 bits per heavy atom. The highest BCUT2D eigenvalue weighted by molar-refractivity contribution is 5.79. The Balaban J connectivity index is 1.44. The van der Waals surface area contributed by atoms with E-state index >= 15 is 0 Å². The second-order valence-corrected chi connectivity index (χ2v) is 6.53. The molecule has 4 heteroatoms. The van der Waals surface area contributed by atoms with E-state index in [1.54, 1.807) is 4.90 Å². The van der Waals surface area contributed by atoms with Gasteiger partial charge in [-0.3, -0.25) is 5.01 Å². The van der Waals surface area contributed by atoms with Crippen LogP contribution in [0.4, 0.5) is 0 Å². The van der Waals surface area contributed by atoms with E-state index in [4.69, 9.17) is 4.74 Å². The van der Waals surface area contributed by atoms with E-state index in [0.717, 1.165) is 57.1 Å². The lowest BCUT2D eigenvalue weighted by molar-refractivity contribution is -0.918. The minimum absolute atomic E-state index is 0.767. The van der Waals surface area contributed by atoms with Gasteiger partial charge in [0.05, 0.1) is 39.0 Å². The number of hydrogen-bond acceptors (Lipinski definition) is 3. The van der Waals surface area contributed by atoms with E-state index in [2.05, 4.69) is 59.5 Å². The van der Waals surface area contributed by atoms with E-state index in [1.807, 2.05) is 18.3 Å². The molecule has 1 fully saturated rings. The highest BCUT2D eigenvalue weighted by atomic mass is 16.5. The summed E-state index contributed by atoms with van der Waals surface area (Å²) in [6.07, 6.45) is 2.98. The number of hydrogen-bond donors (Lipinski definition) is 1. The van der Waals surface area contributed by atoms with E-state index in [9.17, 15) is 0 Å². The minimum atomic E-state index is 0.767. The van der Waals surface area contributed by atoms with Crippen LogP contribution < -0.4 is 9.64 Å². The van der Waals surface area contributed by atoms with Crippen LogP contribution in [0.3, 0.4) is 0 Å². The summed E-state index contributed by atoms with van der Waals surface area (Å²) < 4.78 is 5.61. The molecule has 0 atom stereocenters. The second-order valence-electron chi connectivity index (χ2n) is 6.53. The van der Waals surface area contributed by atoms with Crippen LogP contribution in [-0.4, -0.2) is 44.0 Å². The summed E-state index contributed by atoms with van der Waals surface area (Å²) in [4.78, 5) is 1.63. The molecule has 1 heterocycles. The zero-order valence-corrected chi connectivity index (χ0v) is 15.0. The van der Waals surface area contributed by atoms with Gasteiger partial charge in [-0.25, -0.2) is 0 Å². The molecule has 4 nitrogen and oxygen atoms in total. The molecule has 0 aromatic heterocycles. The molecule has 1 N–H and O–H groups in total. The van der Waals surface area contributed by atoms with Gasteiger partial charge in [0.1, 0.15) is 12.3 Å². The van der Waals surface area contributed by atoms with Crippen LogP contribution >= 0.6 is 0 Å². The van der Waals surface area contributed by atoms with Gasteiger partial charge in [0.25, 0.3) is 0 Å². The maximum absolute atomic E-state index is 5.61. The largest absolute Gasteiger partial charge is 0.494 e. The first-order chi connectivity index (χ1) is 12.3. The molecule has 132 valence electrons. The topological polar surface area (TPSA) is 29.3 Å². The molecule has 0 spiro atoms. The first-order valence-corrected chi connectivity index (χ1v) is 9.23. The van der Waals surface area contributed by atoms with Crippen molar-refractivity contribution in [2.45, 2.75) is 19.9 Å². The molecule has 1 aliphatic rings. The molecule has 2 aromatic carbocycles. The van der Waals surface area contributed by atoms with Gasteiger partial charge in [-0.05, 0) is 36.2 Å². The minimum Gasteiger partial charge on any atom is -0.494 e. The molecule has 1 aliphatic heterocycles. The lowest BCUT2D eigenvalue weighted by Gasteiger charge is -2.30. The summed E-state index contributed by atoms with van der Waals surface area (Å²) in [6.45, 7) is 8.28. The second kappa shape index (κ2) is 9.23. The molecule has 0 amide bonds. The highest BCUT2D eigenvalue weighted by Crippen LogP contribution is 2.11. The molecule has 2 aromatic rings. The van der Waals surface area contributed by atoms with Gasteiger partial charge in [0, 0.05) is 5.56 Å². The third-order valence-corrected chi connectivity index (χ3v) is 4.47. The van der Waals surface area contributed by atoms with Crippen LogP contribution in [-0.2, 0) is 6.54 Å². The lowest BCUT2D eigenvalue weighted by Crippen LogP contribution is -3.13. The highest BCUT2D eigenvalue weighted by Gasteiger charge is 2.18. The summed E-state index contributed by atoms with van der Waals surface area (Å²) >= 11 is 0. The Morgan fingerprint density at radius 1 is 1.04 bits per heavy atom. The zero-order valence-electron chi connectivity index (χ0n) is 15.0. The Bertz CT molecular complexity index is 647. The fraction of sp³-hybridized carbons (Fsp3) is 0.381. The number of hydrazone groups is 1. The summed E-state index contributed by atoms with van der Waals surface area (Å²) in [6, 6.07) is 18.9. The molecule has 1 saturated heterocycles. The van der Waals surface area contributed by atoms with Gasteiger partial charge in [0.2, 0.25) is 0 Å². The maximum atomic E-state index is 5.61. The van der Waals surface area contributed by atoms with Gasteiger partial charge in [0.15, 0.2) is 0 Å². The van der Waals surface area contributed by atoms with Crippen molar-refractivity contribution >= 4 is 6.21 Å². The van der Waals surface area contributed by atoms with Crippen molar-refractivity contribution in [3.8, 4) is 5.75 Å². The smallest absolute Gasteiger partial charge is 0.119 e. The summed E-state index contributed by atoms with van der Waals surface area (Å²) in [5, 5.41) is 6.82. The summed E-state index contributed by atoms with van der Waals surface area (Å²) in [5.74, 6) is 0.928. The molecule has 0 unspecified atom stereocenters. The SMILES string of the molecule is CCCOc1ccc(/C=N\N2CC[NH+](Cc3ccccc3)CC2)cc1. The van der Waals surface area contributed by atoms with Crippen LogP contribution in [0.5, 0.6) is 5.75 Å². The number of ether oxygens (including phenoxy) is 1. The van der Waals surface area contributed by atoms with Crippen molar-refractivity contribution < 1.29 is 9.64 Å². The quantitative estimate of drug-likeness (QED) is 0.785. The number of quaternary nitrogens is 1. The fourth-order valence-electron chi connectivity index (χ4n) is 3.01. The third kappa shape index (κ3) is 5.61. The molecule has 25 heavy (non-hydrogen) atoms. The van der Waals surface area contributed by atoms with Crippen molar-refractivity contribution in [2.24, 2.45) is 5.10 Å². The van der Waals surface area contributed by atoms with E-state index in [1.165, 1.54) is 5.56 Å². The van der Waals surface area contributed by atoms with E-state index in [0.29, 0.717) is 0 Å². The average molecular weight is 338 g/mol. The van der Waals surface area contributed by atoms with Crippen LogP contribution in [0.15, 0.2) is 59.7 Å². The molecule has 0 bridgehead atoms. The van der Waals surface area contributed by atoms with Gasteiger partial charge in [-0.2, -0.15) is 5.10 Å². The van der Waals surface area contributed by atoms with Gasteiger partial charge >= 0.3 is 0 Å². The Labute approximate surface area is 150 Å². The molecule has 3 rings (SSSR count). The average Bonchev–Trinajstić information content (AvgIpc) is 2.67. The summed E-state index contributed by atoms with van der Waals surface area (Å²) in [5.41, 5.74) is 2.53. The Morgan fingerprint density at radius 3 is 2.44 bits per heavy atom. The number of nitrogens with one attached hydrogen (secondary N) is 1. The predicted molar refractivity (Wildman–Crippen MR) is 102 cm³/mol. The first kappa shape index (κ1) is 17.5. The number of benzene rings is 2. The summed E-state index contributed by atoms with van der Waals surface area (Å²) in [7, 11) is 0. The number of rotatable bonds is 7. The van der Waals surface area contributed by atoms with Crippen molar-refractivity contribution in [1.29, 1.82) is 0 Å². The van der Waals surface area contributed by atoms with Gasteiger partial charge in [-0.1, -0.05) is 37.3 Å². The molecule has 0 saturated carbocycles. The molecule has 0 radical (unpaired) electrons. The fourth-order valence-corrected chi connectivity index (χ4v) is 3.01. The maximum Gasteiger partial charge on any atom is 0.119 e. The van der Waals surface area contributed by atoms with Crippen LogP contribution in [0.2, 0.25) is 0 Å². The Hall–Kier alpha value is -2.33. The number of nitrogens with zero attached hydrogens (tertiary/aromatic N) is 2. The molecular weight excluding hydrogens is 310 g/mol. The van der Waals surface area contributed by atoms with E-state index in [-0.39, 0.29) is 0 Å². The van der Waals surface area contributed by atoms with Crippen molar-refractivity contribution in [2.75, 3.05) is 32.8 Å². The number of piperazine rings is 1.